The lowest BCUT2D eigenvalue weighted by Gasteiger charge is -2.59. The van der Waals surface area contributed by atoms with E-state index in [1.54, 1.807) is 11.7 Å². The number of imide groups is 1. The van der Waals surface area contributed by atoms with E-state index in [1.165, 1.54) is 0 Å². The van der Waals surface area contributed by atoms with Crippen LogP contribution in [0.2, 0.25) is 18.1 Å². The molecular weight excluding hydrogens is 575 g/mol. The number of rotatable bonds is 5. The highest BCUT2D eigenvalue weighted by molar-refractivity contribution is 7.87. The summed E-state index contributed by atoms with van der Waals surface area (Å²) >= 11 is 0. The van der Waals surface area contributed by atoms with Crippen molar-refractivity contribution in [2.24, 2.45) is 22.7 Å². The summed E-state index contributed by atoms with van der Waals surface area (Å²) in [6.07, 6.45) is 1.84. The van der Waals surface area contributed by atoms with Gasteiger partial charge in [-0.05, 0) is 57.9 Å². The van der Waals surface area contributed by atoms with Crippen LogP contribution in [-0.4, -0.2) is 57.6 Å². The van der Waals surface area contributed by atoms with E-state index >= 15 is 13.8 Å². The molecule has 43 heavy (non-hydrogen) atoms. The van der Waals surface area contributed by atoms with Gasteiger partial charge in [-0.25, -0.2) is 0 Å². The summed E-state index contributed by atoms with van der Waals surface area (Å²) in [5.41, 5.74) is 1.35. The van der Waals surface area contributed by atoms with Crippen molar-refractivity contribution in [1.82, 2.24) is 4.57 Å². The highest BCUT2D eigenvalue weighted by atomic mass is 32.2. The monoisotopic (exact) mass is 619 g/mol. The highest BCUT2D eigenvalue weighted by Crippen LogP contribution is 2.71. The molecule has 2 amide bonds. The van der Waals surface area contributed by atoms with E-state index in [4.69, 9.17) is 4.74 Å². The first-order valence-corrected chi connectivity index (χ1v) is 20.0. The van der Waals surface area contributed by atoms with Crippen LogP contribution in [0.25, 0.3) is 0 Å². The number of carbonyl (C=O) groups excluding carboxylic acids is 2. The smallest absolute Gasteiger partial charge is 0.244 e. The number of nitrogens with zero attached hydrogens (tertiary/aromatic N) is 1. The fraction of sp³-hybridized carbons (Fsp3) is 0.600. The second-order valence-corrected chi connectivity index (χ2v) is 22.6. The Morgan fingerprint density at radius 2 is 1.58 bits per heavy atom. The van der Waals surface area contributed by atoms with E-state index in [0.717, 1.165) is 35.1 Å². The minimum Gasteiger partial charge on any atom is -0.392 e. The fourth-order valence-corrected chi connectivity index (χ4v) is 15.0. The molecule has 3 fully saturated rings. The molecule has 0 aromatic heterocycles. The van der Waals surface area contributed by atoms with Gasteiger partial charge in [0.15, 0.2) is 13.0 Å². The van der Waals surface area contributed by atoms with Crippen molar-refractivity contribution in [3.63, 3.8) is 0 Å². The summed E-state index contributed by atoms with van der Waals surface area (Å²) in [6, 6.07) is 16.0. The number of aliphatic hydroxyl groups excluding tert-OH is 1. The van der Waals surface area contributed by atoms with Gasteiger partial charge >= 0.3 is 0 Å². The molecule has 6 nitrogen and oxygen atoms in total. The normalized spacial score (nSPS) is 37.8. The first kappa shape index (κ1) is 29.6. The lowest BCUT2D eigenvalue weighted by molar-refractivity contribution is -0.137. The molecule has 2 aromatic rings. The van der Waals surface area contributed by atoms with Crippen LogP contribution in [-0.2, 0) is 30.7 Å². The number of fused-ring (bicyclic) bond motifs is 2. The zero-order chi connectivity index (χ0) is 31.1. The number of benzene rings is 2. The van der Waals surface area contributed by atoms with Crippen molar-refractivity contribution in [1.29, 1.82) is 0 Å². The molecule has 4 bridgehead atoms. The third-order valence-electron chi connectivity index (χ3n) is 13.5. The molecule has 1 heterocycles. The fourth-order valence-electron chi connectivity index (χ4n) is 10.1. The first-order valence-electron chi connectivity index (χ1n) is 15.8. The Morgan fingerprint density at radius 1 is 1.02 bits per heavy atom. The molecule has 230 valence electrons. The average Bonchev–Trinajstić information content (AvgIpc) is 3.42. The van der Waals surface area contributed by atoms with E-state index < -0.39 is 52.7 Å². The molecule has 2 saturated carbocycles. The van der Waals surface area contributed by atoms with Gasteiger partial charge in [-0.1, -0.05) is 96.2 Å². The number of hydrogen-bond acceptors (Lipinski definition) is 5. The third-order valence-corrected chi connectivity index (χ3v) is 20.9. The van der Waals surface area contributed by atoms with Crippen molar-refractivity contribution < 1.29 is 23.6 Å². The van der Waals surface area contributed by atoms with Crippen LogP contribution in [0.15, 0.2) is 48.5 Å². The Hall–Kier alpha value is -2.13. The summed E-state index contributed by atoms with van der Waals surface area (Å²) < 4.78 is 22.4. The van der Waals surface area contributed by atoms with Crippen molar-refractivity contribution in [2.75, 3.05) is 12.9 Å². The van der Waals surface area contributed by atoms with Gasteiger partial charge in [-0.2, -0.15) is 0 Å². The second-order valence-electron chi connectivity index (χ2n) is 15.9. The zero-order valence-electron chi connectivity index (χ0n) is 26.7. The molecule has 0 unspecified atom stereocenters. The molecule has 2 aromatic carbocycles. The van der Waals surface area contributed by atoms with Gasteiger partial charge in [0, 0.05) is 35.0 Å². The van der Waals surface area contributed by atoms with Crippen LogP contribution >= 0.6 is 0 Å². The SMILES string of the molecule is COC12c3ccccc3C(c3ccccc31)[C@H]1C(=O)N([Si](C)(C)C(C)(C)C)C(=O)[C@]12[S@](=O)C[C@]12CC[C@H](C[C@H]1O)C2(C)C. The van der Waals surface area contributed by atoms with Gasteiger partial charge in [0.05, 0.1) is 12.0 Å². The minimum atomic E-state index is -2.77. The molecule has 5 aliphatic carbocycles. The van der Waals surface area contributed by atoms with Crippen molar-refractivity contribution in [3.8, 4) is 0 Å². The van der Waals surface area contributed by atoms with Crippen molar-refractivity contribution >= 4 is 30.8 Å². The predicted octanol–water partition coefficient (Wildman–Crippen LogP) is 5.70. The summed E-state index contributed by atoms with van der Waals surface area (Å²) in [5.74, 6) is -1.34. The molecule has 8 rings (SSSR count). The van der Waals surface area contributed by atoms with Gasteiger partial charge in [0.1, 0.15) is 5.60 Å². The molecule has 0 radical (unpaired) electrons. The van der Waals surface area contributed by atoms with Gasteiger partial charge in [0.2, 0.25) is 11.8 Å². The Balaban J connectivity index is 1.55. The van der Waals surface area contributed by atoms with Crippen molar-refractivity contribution in [3.05, 3.63) is 70.8 Å². The average molecular weight is 620 g/mol. The molecule has 1 N–H and O–H groups in total. The summed E-state index contributed by atoms with van der Waals surface area (Å²) in [7, 11) is -3.03. The molecule has 6 atom stereocenters. The predicted molar refractivity (Wildman–Crippen MR) is 170 cm³/mol. The molecular formula is C35H45NO5SSi. The Bertz CT molecular complexity index is 1550. The molecule has 1 saturated heterocycles. The van der Waals surface area contributed by atoms with Crippen LogP contribution in [0.1, 0.15) is 82.1 Å². The quantitative estimate of drug-likeness (QED) is 0.343. The number of hydrogen-bond donors (Lipinski definition) is 1. The maximum atomic E-state index is 15.8. The lowest BCUT2D eigenvalue weighted by Crippen LogP contribution is -2.71. The Labute approximate surface area is 259 Å². The van der Waals surface area contributed by atoms with Crippen molar-refractivity contribution in [2.45, 2.75) is 94.4 Å². The third kappa shape index (κ3) is 3.05. The van der Waals surface area contributed by atoms with E-state index in [1.807, 2.05) is 48.5 Å². The second kappa shape index (κ2) is 8.77. The minimum absolute atomic E-state index is 0.167. The largest absolute Gasteiger partial charge is 0.392 e. The van der Waals surface area contributed by atoms with Crippen LogP contribution in [0, 0.1) is 22.7 Å². The van der Waals surface area contributed by atoms with E-state index in [-0.39, 0.29) is 28.0 Å². The first-order chi connectivity index (χ1) is 20.1. The van der Waals surface area contributed by atoms with Gasteiger partial charge in [-0.3, -0.25) is 13.8 Å². The van der Waals surface area contributed by atoms with E-state index in [2.05, 4.69) is 47.7 Å². The Kier molecular flexibility index (Phi) is 6.03. The molecule has 1 aliphatic heterocycles. The van der Waals surface area contributed by atoms with Crippen LogP contribution in [0.3, 0.4) is 0 Å². The summed E-state index contributed by atoms with van der Waals surface area (Å²) in [5, 5.41) is 11.2. The zero-order valence-corrected chi connectivity index (χ0v) is 28.5. The number of aliphatic hydroxyl groups is 1. The van der Waals surface area contributed by atoms with Crippen LogP contribution in [0.4, 0.5) is 0 Å². The van der Waals surface area contributed by atoms with E-state index in [9.17, 15) is 5.11 Å². The van der Waals surface area contributed by atoms with Crippen LogP contribution in [0.5, 0.6) is 0 Å². The van der Waals surface area contributed by atoms with Gasteiger partial charge in [-0.15, -0.1) is 0 Å². The summed E-state index contributed by atoms with van der Waals surface area (Å²) in [6.45, 7) is 14.9. The van der Waals surface area contributed by atoms with Crippen LogP contribution < -0.4 is 0 Å². The topological polar surface area (TPSA) is 83.9 Å². The number of ether oxygens (including phenoxy) is 1. The number of amides is 2. The molecule has 8 heteroatoms. The number of carbonyl (C=O) groups is 2. The Morgan fingerprint density at radius 3 is 2.05 bits per heavy atom. The molecule has 0 spiro atoms. The maximum Gasteiger partial charge on any atom is 0.244 e. The lowest BCUT2D eigenvalue weighted by atomic mass is 9.52. The standard InChI is InChI=1S/C35H45NO5SSi/c1-31(2,3)43(7,8)36-29(38)28-27-22-13-9-11-15-24(22)34(41-6,25-16-12-10-14-23(25)27)35(28,30(36)39)42(40)20-33-18-17-21(19-26(33)37)32(33,4)5/h9-16,21,26-28,37H,17-20H2,1-8H3/t21-,26-,27?,28+,33-,34?,35-,42-/m1/s1. The highest BCUT2D eigenvalue weighted by Gasteiger charge is 2.82. The van der Waals surface area contributed by atoms with Gasteiger partial charge in [0.25, 0.3) is 0 Å². The van der Waals surface area contributed by atoms with E-state index in [0.29, 0.717) is 12.3 Å². The summed E-state index contributed by atoms with van der Waals surface area (Å²) in [4.78, 5) is 30.7. The van der Waals surface area contributed by atoms with Gasteiger partial charge < -0.3 is 14.4 Å². The number of methoxy groups -OCH3 is 1. The molecule has 6 aliphatic rings. The maximum absolute atomic E-state index is 15.8.